The first-order chi connectivity index (χ1) is 17.7. The first-order valence-electron chi connectivity index (χ1n) is 11.6. The number of ether oxygens (including phenoxy) is 1. The Kier molecular flexibility index (Phi) is 8.21. The highest BCUT2D eigenvalue weighted by atomic mass is 35.5. The van der Waals surface area contributed by atoms with Gasteiger partial charge in [0.15, 0.2) is 11.1 Å². The van der Waals surface area contributed by atoms with Gasteiger partial charge < -0.3 is 20.2 Å². The van der Waals surface area contributed by atoms with Gasteiger partial charge in [-0.25, -0.2) is 4.98 Å². The van der Waals surface area contributed by atoms with E-state index in [1.807, 2.05) is 26.0 Å². The second-order valence-electron chi connectivity index (χ2n) is 8.61. The smallest absolute Gasteiger partial charge is 0.281 e. The molecule has 0 aliphatic carbocycles. The Balaban J connectivity index is 1.84. The lowest BCUT2D eigenvalue weighted by Crippen LogP contribution is -2.22. The first kappa shape index (κ1) is 26.7. The lowest BCUT2D eigenvalue weighted by Gasteiger charge is -2.21. The number of pyridine rings is 1. The van der Waals surface area contributed by atoms with Gasteiger partial charge in [0.2, 0.25) is 0 Å². The Morgan fingerprint density at radius 2 is 2.08 bits per heavy atom. The number of nitrogens with one attached hydrogen (secondary N) is 2. The molecule has 4 rings (SSSR count). The van der Waals surface area contributed by atoms with Crippen molar-refractivity contribution in [1.82, 2.24) is 9.71 Å². The van der Waals surface area contributed by atoms with Crippen LogP contribution in [-0.2, 0) is 4.74 Å². The molecule has 1 unspecified atom stereocenters. The second kappa shape index (κ2) is 11.4. The van der Waals surface area contributed by atoms with Gasteiger partial charge in [0.05, 0.1) is 48.2 Å². The minimum Gasteiger partial charge on any atom is -0.455 e. The third-order valence-electron chi connectivity index (χ3n) is 6.00. The van der Waals surface area contributed by atoms with Gasteiger partial charge in [0.1, 0.15) is 16.5 Å². The summed E-state index contributed by atoms with van der Waals surface area (Å²) >= 11 is 7.23. The normalized spacial score (nSPS) is 14.8. The maximum atomic E-state index is 13.5. The molecule has 0 radical (unpaired) electrons. The molecule has 0 saturated heterocycles. The molecule has 4 N–H and O–H groups in total. The van der Waals surface area contributed by atoms with E-state index in [0.29, 0.717) is 52.4 Å². The summed E-state index contributed by atoms with van der Waals surface area (Å²) in [6.07, 6.45) is 3.14. The van der Waals surface area contributed by atoms with Gasteiger partial charge in [0, 0.05) is 23.6 Å². The van der Waals surface area contributed by atoms with E-state index < -0.39 is 0 Å². The minimum absolute atomic E-state index is 0.154. The highest BCUT2D eigenvalue weighted by Crippen LogP contribution is 2.32. The van der Waals surface area contributed by atoms with Crippen molar-refractivity contribution >= 4 is 57.4 Å². The molecule has 11 heteroatoms. The number of benzene rings is 1. The van der Waals surface area contributed by atoms with Crippen molar-refractivity contribution in [2.24, 2.45) is 10.7 Å². The van der Waals surface area contributed by atoms with Crippen LogP contribution >= 0.6 is 23.5 Å². The maximum Gasteiger partial charge on any atom is 0.281 e. The fourth-order valence-electron chi connectivity index (χ4n) is 4.25. The number of carbonyl (C=O) groups excluding carboxylic acids is 1. The van der Waals surface area contributed by atoms with E-state index >= 15 is 0 Å². The number of rotatable bonds is 7. The van der Waals surface area contributed by atoms with Gasteiger partial charge in [-0.15, -0.1) is 0 Å². The van der Waals surface area contributed by atoms with Crippen LogP contribution in [0.1, 0.15) is 45.9 Å². The van der Waals surface area contributed by atoms with Crippen molar-refractivity contribution in [3.63, 3.8) is 0 Å². The SMILES string of the molecule is CSNC(=O)c1nc(Cl)ccc1NC(C)c1cc(C)cc2c(=O)c(C)c(/C(=C/N)C3=NCCOC3)oc12. The number of nitrogens with zero attached hydrogens (tertiary/aromatic N) is 2. The summed E-state index contributed by atoms with van der Waals surface area (Å²) in [6, 6.07) is 6.68. The molecule has 3 heterocycles. The van der Waals surface area contributed by atoms with Gasteiger partial charge in [-0.1, -0.05) is 29.6 Å². The fraction of sp³-hybridized carbons (Fsp3) is 0.308. The molecule has 2 aromatic heterocycles. The van der Waals surface area contributed by atoms with Crippen LogP contribution in [0.4, 0.5) is 5.69 Å². The highest BCUT2D eigenvalue weighted by molar-refractivity contribution is 7.97. The summed E-state index contributed by atoms with van der Waals surface area (Å²) < 4.78 is 14.6. The third kappa shape index (κ3) is 5.51. The largest absolute Gasteiger partial charge is 0.455 e. The maximum absolute atomic E-state index is 13.5. The summed E-state index contributed by atoms with van der Waals surface area (Å²) in [7, 11) is 0. The molecule has 1 aromatic carbocycles. The van der Waals surface area contributed by atoms with Gasteiger partial charge in [-0.05, 0) is 44.5 Å². The summed E-state index contributed by atoms with van der Waals surface area (Å²) in [6.45, 7) is 6.87. The number of hydrogen-bond donors (Lipinski definition) is 3. The molecule has 0 saturated carbocycles. The second-order valence-corrected chi connectivity index (χ2v) is 9.61. The van der Waals surface area contributed by atoms with Crippen LogP contribution < -0.4 is 21.2 Å². The topological polar surface area (TPSA) is 132 Å². The number of halogens is 1. The average Bonchev–Trinajstić information content (AvgIpc) is 2.89. The number of anilines is 1. The highest BCUT2D eigenvalue weighted by Gasteiger charge is 2.24. The molecule has 37 heavy (non-hydrogen) atoms. The Morgan fingerprint density at radius 3 is 2.76 bits per heavy atom. The molecule has 9 nitrogen and oxygen atoms in total. The van der Waals surface area contributed by atoms with E-state index in [-0.39, 0.29) is 34.8 Å². The Labute approximate surface area is 223 Å². The van der Waals surface area contributed by atoms with E-state index in [4.69, 9.17) is 26.5 Å². The minimum atomic E-state index is -0.378. The van der Waals surface area contributed by atoms with Gasteiger partial charge >= 0.3 is 0 Å². The van der Waals surface area contributed by atoms with E-state index in [2.05, 4.69) is 20.0 Å². The molecule has 0 spiro atoms. The van der Waals surface area contributed by atoms with Crippen LogP contribution in [0.3, 0.4) is 0 Å². The predicted octanol–water partition coefficient (Wildman–Crippen LogP) is 4.41. The summed E-state index contributed by atoms with van der Waals surface area (Å²) in [5.74, 6) is -0.0220. The zero-order valence-corrected chi connectivity index (χ0v) is 22.5. The molecular formula is C26H28ClN5O4S. The molecular weight excluding hydrogens is 514 g/mol. The summed E-state index contributed by atoms with van der Waals surface area (Å²) in [5.41, 5.74) is 10.1. The predicted molar refractivity (Wildman–Crippen MR) is 150 cm³/mol. The summed E-state index contributed by atoms with van der Waals surface area (Å²) in [5, 5.41) is 3.99. The first-order valence-corrected chi connectivity index (χ1v) is 13.2. The molecule has 1 atom stereocenters. The Morgan fingerprint density at radius 1 is 1.30 bits per heavy atom. The van der Waals surface area contributed by atoms with Crippen molar-refractivity contribution in [3.8, 4) is 0 Å². The molecule has 1 aliphatic rings. The van der Waals surface area contributed by atoms with Gasteiger partial charge in [-0.3, -0.25) is 19.3 Å². The Hall–Kier alpha value is -3.34. The zero-order chi connectivity index (χ0) is 26.7. The number of fused-ring (bicyclic) bond motifs is 1. The lowest BCUT2D eigenvalue weighted by atomic mass is 9.98. The molecule has 0 bridgehead atoms. The molecule has 0 fully saturated rings. The molecule has 1 aliphatic heterocycles. The van der Waals surface area contributed by atoms with Crippen LogP contribution in [0, 0.1) is 13.8 Å². The van der Waals surface area contributed by atoms with Crippen LogP contribution in [0.15, 0.2) is 44.7 Å². The number of hydrogen-bond acceptors (Lipinski definition) is 9. The molecule has 194 valence electrons. The van der Waals surface area contributed by atoms with Crippen molar-refractivity contribution in [2.75, 3.05) is 31.3 Å². The average molecular weight is 542 g/mol. The summed E-state index contributed by atoms with van der Waals surface area (Å²) in [4.78, 5) is 34.8. The van der Waals surface area contributed by atoms with Crippen LogP contribution in [0.2, 0.25) is 5.15 Å². The van der Waals surface area contributed by atoms with E-state index in [9.17, 15) is 9.59 Å². The van der Waals surface area contributed by atoms with E-state index in [1.54, 1.807) is 25.3 Å². The number of amides is 1. The number of nitrogens with two attached hydrogens (primary N) is 1. The Bertz CT molecular complexity index is 1480. The number of carbonyl (C=O) groups is 1. The van der Waals surface area contributed by atoms with Crippen molar-refractivity contribution in [2.45, 2.75) is 26.8 Å². The standard InChI is InChI=1S/C26H28ClN5O4S/c1-13-9-16(15(3)30-19-5-6-21(27)31-22(19)26(34)32-37-4)25-17(10-13)23(33)14(2)24(36-25)18(11-28)20-12-35-8-7-29-20/h5-6,9-11,15,30H,7-8,12,28H2,1-4H3,(H,32,34)/b18-11+. The lowest BCUT2D eigenvalue weighted by molar-refractivity contribution is 0.0980. The number of aryl methyl sites for hydroxylation is 1. The van der Waals surface area contributed by atoms with Crippen LogP contribution in [-0.4, -0.2) is 42.6 Å². The number of aromatic nitrogens is 1. The van der Waals surface area contributed by atoms with Crippen molar-refractivity contribution in [3.05, 3.63) is 74.0 Å². The zero-order valence-electron chi connectivity index (χ0n) is 21.0. The monoisotopic (exact) mass is 541 g/mol. The van der Waals surface area contributed by atoms with Crippen molar-refractivity contribution in [1.29, 1.82) is 0 Å². The quantitative estimate of drug-likeness (QED) is 0.296. The van der Waals surface area contributed by atoms with Crippen LogP contribution in [0.5, 0.6) is 0 Å². The van der Waals surface area contributed by atoms with Gasteiger partial charge in [-0.2, -0.15) is 0 Å². The van der Waals surface area contributed by atoms with Gasteiger partial charge in [0.25, 0.3) is 5.91 Å². The molecule has 3 aromatic rings. The van der Waals surface area contributed by atoms with E-state index in [0.717, 1.165) is 11.1 Å². The van der Waals surface area contributed by atoms with Crippen molar-refractivity contribution < 1.29 is 13.9 Å². The molecule has 1 amide bonds. The van der Waals surface area contributed by atoms with Crippen LogP contribution in [0.25, 0.3) is 16.5 Å². The number of aliphatic imine (C=N–C) groups is 1. The third-order valence-corrected chi connectivity index (χ3v) is 6.60. The van der Waals surface area contributed by atoms with E-state index in [1.165, 1.54) is 18.1 Å². The fourth-order valence-corrected chi connectivity index (χ4v) is 4.68.